The topological polar surface area (TPSA) is 80.2 Å². The fourth-order valence-corrected chi connectivity index (χ4v) is 2.97. The molecule has 23 heavy (non-hydrogen) atoms. The first-order valence-electron chi connectivity index (χ1n) is 7.02. The van der Waals surface area contributed by atoms with Crippen LogP contribution in [0.15, 0.2) is 59.7 Å². The molecule has 0 amide bonds. The van der Waals surface area contributed by atoms with E-state index < -0.39 is 0 Å². The Morgan fingerprint density at radius 2 is 1.74 bits per heavy atom. The number of fused-ring (bicyclic) bond motifs is 1. The van der Waals surface area contributed by atoms with Crippen LogP contribution >= 0.6 is 35.6 Å². The largest absolute Gasteiger partial charge is 0.370 e. The number of aromatic nitrogens is 1. The Morgan fingerprint density at radius 3 is 2.48 bits per heavy atom. The maximum Gasteiger partial charge on any atom is 0.185 e. The first-order chi connectivity index (χ1) is 10.7. The molecule has 0 aliphatic rings. The van der Waals surface area contributed by atoms with Gasteiger partial charge in [-0.2, -0.15) is 0 Å². The van der Waals surface area contributed by atoms with Crippen LogP contribution in [0.25, 0.3) is 10.9 Å². The van der Waals surface area contributed by atoms with E-state index in [-0.39, 0.29) is 35.9 Å². The smallest absolute Gasteiger partial charge is 0.185 e. The van der Waals surface area contributed by atoms with Crippen LogP contribution in [0.1, 0.15) is 17.0 Å². The summed E-state index contributed by atoms with van der Waals surface area (Å²) in [6.07, 6.45) is 2.00. The van der Waals surface area contributed by atoms with Crippen LogP contribution in [0.2, 0.25) is 5.02 Å². The maximum atomic E-state index is 6.38. The lowest BCUT2D eigenvalue weighted by atomic mass is 9.91. The number of para-hydroxylation sites is 1. The number of aromatic amines is 1. The molecule has 2 aromatic carbocycles. The molecule has 3 aromatic rings. The second kappa shape index (κ2) is 7.70. The highest BCUT2D eigenvalue weighted by Gasteiger charge is 2.20. The van der Waals surface area contributed by atoms with Crippen LogP contribution in [0, 0.1) is 0 Å². The number of rotatable bonds is 4. The molecule has 0 aliphatic heterocycles. The first-order valence-corrected chi connectivity index (χ1v) is 7.40. The van der Waals surface area contributed by atoms with Gasteiger partial charge in [-0.05, 0) is 23.3 Å². The number of H-pyrrole nitrogens is 1. The van der Waals surface area contributed by atoms with Gasteiger partial charge in [0.05, 0.1) is 6.54 Å². The summed E-state index contributed by atoms with van der Waals surface area (Å²) in [5.74, 6) is 0.0730. The average molecular weight is 441 g/mol. The molecule has 1 heterocycles. The highest BCUT2D eigenvalue weighted by Crippen LogP contribution is 2.34. The van der Waals surface area contributed by atoms with Crippen molar-refractivity contribution in [3.63, 3.8) is 0 Å². The highest BCUT2D eigenvalue weighted by atomic mass is 127. The quantitative estimate of drug-likeness (QED) is 0.327. The molecule has 1 unspecified atom stereocenters. The molecule has 5 N–H and O–H groups in total. The third kappa shape index (κ3) is 3.79. The number of halogens is 2. The summed E-state index contributed by atoms with van der Waals surface area (Å²) in [4.78, 5) is 7.50. The molecule has 3 rings (SSSR count). The standard InChI is InChI=1S/C17H17ClN4.HI/c18-15-7-3-1-5-11(15)13(10-22-17(19)20)14-9-21-16-8-4-2-6-12(14)16;/h1-9,13,21H,10H2,(H4,19,20,22);1H. The van der Waals surface area contributed by atoms with Crippen molar-refractivity contribution < 1.29 is 0 Å². The zero-order valence-electron chi connectivity index (χ0n) is 12.4. The molecule has 0 fully saturated rings. The zero-order valence-corrected chi connectivity index (χ0v) is 15.5. The number of nitrogens with two attached hydrogens (primary N) is 2. The van der Waals surface area contributed by atoms with E-state index in [2.05, 4.69) is 16.0 Å². The van der Waals surface area contributed by atoms with E-state index in [0.717, 1.165) is 22.0 Å². The zero-order chi connectivity index (χ0) is 15.5. The summed E-state index contributed by atoms with van der Waals surface area (Å²) >= 11 is 6.38. The summed E-state index contributed by atoms with van der Waals surface area (Å²) in [6, 6.07) is 15.9. The minimum Gasteiger partial charge on any atom is -0.370 e. The number of nitrogens with one attached hydrogen (secondary N) is 1. The van der Waals surface area contributed by atoms with Crippen molar-refractivity contribution in [2.24, 2.45) is 16.5 Å². The van der Waals surface area contributed by atoms with Crippen molar-refractivity contribution in [1.82, 2.24) is 4.98 Å². The molecule has 1 atom stereocenters. The second-order valence-electron chi connectivity index (χ2n) is 5.13. The predicted molar refractivity (Wildman–Crippen MR) is 108 cm³/mol. The van der Waals surface area contributed by atoms with Crippen molar-refractivity contribution in [2.45, 2.75) is 5.92 Å². The lowest BCUT2D eigenvalue weighted by Gasteiger charge is -2.16. The van der Waals surface area contributed by atoms with Gasteiger partial charge in [0.25, 0.3) is 0 Å². The first kappa shape index (κ1) is 17.6. The number of hydrogen-bond acceptors (Lipinski definition) is 1. The van der Waals surface area contributed by atoms with E-state index in [4.69, 9.17) is 23.1 Å². The predicted octanol–water partition coefficient (Wildman–Crippen LogP) is 3.84. The highest BCUT2D eigenvalue weighted by molar-refractivity contribution is 14.0. The number of guanidine groups is 1. The summed E-state index contributed by atoms with van der Waals surface area (Å²) < 4.78 is 0. The Labute approximate surface area is 156 Å². The van der Waals surface area contributed by atoms with E-state index in [1.807, 2.05) is 48.7 Å². The molecule has 120 valence electrons. The van der Waals surface area contributed by atoms with Crippen molar-refractivity contribution in [3.05, 3.63) is 70.9 Å². The minimum absolute atomic E-state index is 0. The van der Waals surface area contributed by atoms with Crippen molar-refractivity contribution in [2.75, 3.05) is 6.54 Å². The van der Waals surface area contributed by atoms with Gasteiger partial charge in [-0.1, -0.05) is 48.0 Å². The number of benzene rings is 2. The molecule has 0 saturated carbocycles. The van der Waals surface area contributed by atoms with Crippen molar-refractivity contribution in [3.8, 4) is 0 Å². The summed E-state index contributed by atoms with van der Waals surface area (Å²) in [5, 5.41) is 1.86. The van der Waals surface area contributed by atoms with Crippen LogP contribution in [-0.2, 0) is 0 Å². The van der Waals surface area contributed by atoms with E-state index in [1.165, 1.54) is 0 Å². The molecule has 0 saturated heterocycles. The SMILES string of the molecule is I.NC(N)=NCC(c1ccccc1Cl)c1c[nH]c2ccccc12. The normalized spacial score (nSPS) is 11.7. The Balaban J connectivity index is 0.00000192. The lowest BCUT2D eigenvalue weighted by molar-refractivity contribution is 0.824. The number of aliphatic imine (C=N–C) groups is 1. The van der Waals surface area contributed by atoms with Gasteiger partial charge >= 0.3 is 0 Å². The van der Waals surface area contributed by atoms with E-state index >= 15 is 0 Å². The van der Waals surface area contributed by atoms with E-state index in [0.29, 0.717) is 11.6 Å². The molecular formula is C17H18ClIN4. The van der Waals surface area contributed by atoms with Crippen LogP contribution < -0.4 is 11.5 Å². The average Bonchev–Trinajstić information content (AvgIpc) is 2.93. The van der Waals surface area contributed by atoms with Gasteiger partial charge in [-0.3, -0.25) is 4.99 Å². The fraction of sp³-hybridized carbons (Fsp3) is 0.118. The van der Waals surface area contributed by atoms with E-state index in [1.54, 1.807) is 0 Å². The van der Waals surface area contributed by atoms with Crippen molar-refractivity contribution >= 4 is 52.4 Å². The summed E-state index contributed by atoms with van der Waals surface area (Å²) in [7, 11) is 0. The molecule has 4 nitrogen and oxygen atoms in total. The van der Waals surface area contributed by atoms with Gasteiger partial charge in [0.15, 0.2) is 5.96 Å². The Morgan fingerprint density at radius 1 is 1.04 bits per heavy atom. The minimum atomic E-state index is -0.00745. The van der Waals surface area contributed by atoms with Gasteiger partial charge in [-0.25, -0.2) is 0 Å². The Hall–Kier alpha value is -1.73. The van der Waals surface area contributed by atoms with Crippen molar-refractivity contribution in [1.29, 1.82) is 0 Å². The molecule has 0 aliphatic carbocycles. The molecule has 0 bridgehead atoms. The molecule has 1 aromatic heterocycles. The summed E-state index contributed by atoms with van der Waals surface area (Å²) in [5.41, 5.74) is 14.2. The number of hydrogen-bond donors (Lipinski definition) is 3. The molecular weight excluding hydrogens is 423 g/mol. The molecule has 6 heteroatoms. The van der Waals surface area contributed by atoms with Gasteiger partial charge in [0, 0.05) is 28.0 Å². The lowest BCUT2D eigenvalue weighted by Crippen LogP contribution is -2.24. The van der Waals surface area contributed by atoms with Crippen LogP contribution in [-0.4, -0.2) is 17.5 Å². The van der Waals surface area contributed by atoms with Crippen LogP contribution in [0.4, 0.5) is 0 Å². The van der Waals surface area contributed by atoms with Gasteiger partial charge in [-0.15, -0.1) is 24.0 Å². The summed E-state index contributed by atoms with van der Waals surface area (Å²) in [6.45, 7) is 0.452. The molecule has 0 spiro atoms. The third-order valence-corrected chi connectivity index (χ3v) is 4.08. The number of nitrogens with zero attached hydrogens (tertiary/aromatic N) is 1. The van der Waals surface area contributed by atoms with Gasteiger partial charge in [0.2, 0.25) is 0 Å². The van der Waals surface area contributed by atoms with Crippen LogP contribution in [0.5, 0.6) is 0 Å². The monoisotopic (exact) mass is 440 g/mol. The van der Waals surface area contributed by atoms with Crippen LogP contribution in [0.3, 0.4) is 0 Å². The maximum absolute atomic E-state index is 6.38. The molecule has 0 radical (unpaired) electrons. The Kier molecular flexibility index (Phi) is 5.90. The Bertz CT molecular complexity index is 824. The third-order valence-electron chi connectivity index (χ3n) is 3.73. The van der Waals surface area contributed by atoms with Gasteiger partial charge in [0.1, 0.15) is 0 Å². The fourth-order valence-electron chi connectivity index (χ4n) is 2.70. The van der Waals surface area contributed by atoms with E-state index in [9.17, 15) is 0 Å². The second-order valence-corrected chi connectivity index (χ2v) is 5.54. The van der Waals surface area contributed by atoms with Gasteiger partial charge < -0.3 is 16.5 Å².